The highest BCUT2D eigenvalue weighted by Crippen LogP contribution is 2.43. The van der Waals surface area contributed by atoms with E-state index in [0.29, 0.717) is 0 Å². The van der Waals surface area contributed by atoms with Gasteiger partial charge in [-0.05, 0) is 74.8 Å². The van der Waals surface area contributed by atoms with E-state index in [0.717, 1.165) is 17.6 Å². The predicted octanol–water partition coefficient (Wildman–Crippen LogP) is 9.19. The quantitative estimate of drug-likeness (QED) is 0.256. The Morgan fingerprint density at radius 1 is 0.906 bits per heavy atom. The van der Waals surface area contributed by atoms with Crippen LogP contribution < -0.4 is 0 Å². The first-order valence-electron chi connectivity index (χ1n) is 11.0. The molecule has 0 spiro atoms. The highest BCUT2D eigenvalue weighted by atomic mass is 32.1. The van der Waals surface area contributed by atoms with Crippen LogP contribution in [0.3, 0.4) is 0 Å². The lowest BCUT2D eigenvalue weighted by molar-refractivity contribution is 0.597. The fourth-order valence-electron chi connectivity index (χ4n) is 4.59. The molecule has 2 nitrogen and oxygen atoms in total. The highest BCUT2D eigenvalue weighted by Gasteiger charge is 2.21. The maximum Gasteiger partial charge on any atom is 0.116 e. The Labute approximate surface area is 199 Å². The molecule has 160 valence electrons. The van der Waals surface area contributed by atoms with Crippen LogP contribution in [0.1, 0.15) is 45.2 Å². The smallest absolute Gasteiger partial charge is 0.116 e. The number of hydrogen-bond donors (Lipinski definition) is 0. The van der Waals surface area contributed by atoms with Crippen molar-refractivity contribution >= 4 is 74.5 Å². The van der Waals surface area contributed by atoms with Crippen LogP contribution in [0.25, 0.3) is 51.7 Å². The molecule has 6 aromatic rings. The van der Waals surface area contributed by atoms with Gasteiger partial charge in [0.05, 0.1) is 15.9 Å². The van der Waals surface area contributed by atoms with Gasteiger partial charge in [0.1, 0.15) is 6.33 Å². The third-order valence-electron chi connectivity index (χ3n) is 6.18. The fraction of sp³-hybridized carbons (Fsp3) is 0.259. The molecule has 0 fully saturated rings. The summed E-state index contributed by atoms with van der Waals surface area (Å²) in [5.41, 5.74) is 6.23. The Morgan fingerprint density at radius 2 is 1.78 bits per heavy atom. The number of nitrogens with zero attached hydrogens (tertiary/aromatic N) is 2. The lowest BCUT2D eigenvalue weighted by Crippen LogP contribution is -2.11. The second-order valence-corrected chi connectivity index (χ2v) is 12.3. The second-order valence-electron chi connectivity index (χ2n) is 9.47. The third kappa shape index (κ3) is 3.10. The van der Waals surface area contributed by atoms with Crippen molar-refractivity contribution < 1.29 is 0 Å². The monoisotopic (exact) mass is 472 g/mol. The molecule has 0 aliphatic carbocycles. The van der Waals surface area contributed by atoms with Gasteiger partial charge >= 0.3 is 0 Å². The second kappa shape index (κ2) is 7.34. The molecule has 0 amide bonds. The summed E-state index contributed by atoms with van der Waals surface area (Å²) in [6.45, 7) is 9.13. The summed E-state index contributed by atoms with van der Waals surface area (Å²) in [5.74, 6) is 0. The minimum atomic E-state index is 0.0749. The maximum atomic E-state index is 4.80. The van der Waals surface area contributed by atoms with Gasteiger partial charge < -0.3 is 0 Å². The number of aromatic nitrogens is 2. The highest BCUT2D eigenvalue weighted by molar-refractivity contribution is 7.26. The number of thiophene rings is 3. The Morgan fingerprint density at radius 3 is 2.59 bits per heavy atom. The van der Waals surface area contributed by atoms with Crippen molar-refractivity contribution in [3.8, 4) is 11.3 Å². The Kier molecular flexibility index (Phi) is 4.65. The summed E-state index contributed by atoms with van der Waals surface area (Å²) in [4.78, 5) is 9.55. The van der Waals surface area contributed by atoms with Gasteiger partial charge in [-0.2, -0.15) is 0 Å². The molecule has 0 aliphatic rings. The van der Waals surface area contributed by atoms with E-state index in [1.54, 1.807) is 6.33 Å². The first-order chi connectivity index (χ1) is 15.4. The third-order valence-corrected chi connectivity index (χ3v) is 9.28. The molecule has 0 radical (unpaired) electrons. The van der Waals surface area contributed by atoms with E-state index in [4.69, 9.17) is 9.97 Å². The molecule has 0 aliphatic heterocycles. The lowest BCUT2D eigenvalue weighted by atomic mass is 9.85. The van der Waals surface area contributed by atoms with E-state index in [2.05, 4.69) is 68.8 Å². The standard InChI is InChI=1S/C27H24N2S3/c1-5-6-16-13-31-21-12-22-19(11-18(16)21)24-26(32-22)23(28-14-29-24)17-9-15-7-8-30-25(15)20(10-17)27(2,3)4/h7-14H,5-6H2,1-4H3. The van der Waals surface area contributed by atoms with Crippen LogP contribution in [-0.4, -0.2) is 9.97 Å². The van der Waals surface area contributed by atoms with E-state index < -0.39 is 0 Å². The number of fused-ring (bicyclic) bond motifs is 5. The van der Waals surface area contributed by atoms with E-state index in [9.17, 15) is 0 Å². The predicted molar refractivity (Wildman–Crippen MR) is 144 cm³/mol. The summed E-state index contributed by atoms with van der Waals surface area (Å²) < 4.78 is 5.24. The molecule has 0 N–H and O–H groups in total. The van der Waals surface area contributed by atoms with Crippen LogP contribution in [0, 0.1) is 0 Å². The van der Waals surface area contributed by atoms with Crippen LogP contribution in [0.2, 0.25) is 0 Å². The normalized spacial score (nSPS) is 12.6. The van der Waals surface area contributed by atoms with Crippen molar-refractivity contribution in [2.45, 2.75) is 46.0 Å². The molecule has 0 saturated heterocycles. The average molecular weight is 473 g/mol. The minimum Gasteiger partial charge on any atom is -0.235 e. The van der Waals surface area contributed by atoms with Crippen LogP contribution in [0.4, 0.5) is 0 Å². The Hall–Kier alpha value is -2.34. The summed E-state index contributed by atoms with van der Waals surface area (Å²) in [6, 6.07) is 11.6. The fourth-order valence-corrected chi connectivity index (χ4v) is 7.98. The first kappa shape index (κ1) is 20.3. The maximum absolute atomic E-state index is 4.80. The van der Waals surface area contributed by atoms with Crippen molar-refractivity contribution in [3.05, 3.63) is 58.5 Å². The average Bonchev–Trinajstić information content (AvgIpc) is 3.47. The summed E-state index contributed by atoms with van der Waals surface area (Å²) in [7, 11) is 0. The van der Waals surface area contributed by atoms with Crippen LogP contribution in [-0.2, 0) is 11.8 Å². The largest absolute Gasteiger partial charge is 0.235 e. The molecule has 0 bridgehead atoms. The van der Waals surface area contributed by atoms with E-state index >= 15 is 0 Å². The van der Waals surface area contributed by atoms with Crippen molar-refractivity contribution in [1.82, 2.24) is 9.97 Å². The molecule has 0 unspecified atom stereocenters. The van der Waals surface area contributed by atoms with Crippen molar-refractivity contribution in [3.63, 3.8) is 0 Å². The van der Waals surface area contributed by atoms with Gasteiger partial charge in [-0.1, -0.05) is 34.1 Å². The molecule has 6 rings (SSSR count). The van der Waals surface area contributed by atoms with Crippen molar-refractivity contribution in [2.75, 3.05) is 0 Å². The first-order valence-corrected chi connectivity index (χ1v) is 13.6. The minimum absolute atomic E-state index is 0.0749. The van der Waals surface area contributed by atoms with Crippen LogP contribution in [0.5, 0.6) is 0 Å². The van der Waals surface area contributed by atoms with Crippen LogP contribution >= 0.6 is 34.0 Å². The van der Waals surface area contributed by atoms with E-state index in [1.807, 2.05) is 34.0 Å². The van der Waals surface area contributed by atoms with Gasteiger partial charge in [0.2, 0.25) is 0 Å². The van der Waals surface area contributed by atoms with Crippen molar-refractivity contribution in [1.29, 1.82) is 0 Å². The molecule has 2 aromatic carbocycles. The zero-order chi connectivity index (χ0) is 22.0. The van der Waals surface area contributed by atoms with Gasteiger partial charge in [-0.3, -0.25) is 0 Å². The van der Waals surface area contributed by atoms with Gasteiger partial charge in [0.25, 0.3) is 0 Å². The van der Waals surface area contributed by atoms with Gasteiger partial charge in [-0.15, -0.1) is 34.0 Å². The number of benzene rings is 2. The molecular formula is C27H24N2S3. The SMILES string of the molecule is CCCc1csc2cc3sc4c(-c5cc(C(C)(C)C)c6sccc6c5)ncnc4c3cc12. The number of aryl methyl sites for hydroxylation is 1. The lowest BCUT2D eigenvalue weighted by Gasteiger charge is -2.21. The molecule has 32 heavy (non-hydrogen) atoms. The van der Waals surface area contributed by atoms with Gasteiger partial charge in [-0.25, -0.2) is 9.97 Å². The van der Waals surface area contributed by atoms with Crippen molar-refractivity contribution in [2.24, 2.45) is 0 Å². The molecule has 0 saturated carbocycles. The molecule has 0 atom stereocenters. The summed E-state index contributed by atoms with van der Waals surface area (Å²) in [6.07, 6.45) is 4.04. The van der Waals surface area contributed by atoms with E-state index in [1.165, 1.54) is 58.1 Å². The molecular weight excluding hydrogens is 449 g/mol. The molecule has 5 heteroatoms. The Balaban J connectivity index is 1.63. The van der Waals surface area contributed by atoms with E-state index in [-0.39, 0.29) is 5.41 Å². The zero-order valence-corrected chi connectivity index (χ0v) is 21.1. The molecule has 4 aromatic heterocycles. The van der Waals surface area contributed by atoms with Gasteiger partial charge in [0, 0.05) is 25.0 Å². The topological polar surface area (TPSA) is 25.8 Å². The Bertz CT molecular complexity index is 1630. The summed E-state index contributed by atoms with van der Waals surface area (Å²) in [5, 5.41) is 8.46. The number of hydrogen-bond acceptors (Lipinski definition) is 5. The summed E-state index contributed by atoms with van der Waals surface area (Å²) >= 11 is 5.51. The molecule has 4 heterocycles. The van der Waals surface area contributed by atoms with Crippen LogP contribution in [0.15, 0.2) is 47.4 Å². The number of rotatable bonds is 3. The van der Waals surface area contributed by atoms with Gasteiger partial charge in [0.15, 0.2) is 0 Å². The zero-order valence-electron chi connectivity index (χ0n) is 18.7.